The van der Waals surface area contributed by atoms with Crippen LogP contribution < -0.4 is 0 Å². The zero-order valence-electron chi connectivity index (χ0n) is 4.62. The summed E-state index contributed by atoms with van der Waals surface area (Å²) in [5.41, 5.74) is 0. The first-order valence-electron chi connectivity index (χ1n) is 2.24. The number of rotatable bonds is 1. The van der Waals surface area contributed by atoms with Crippen LogP contribution in [-0.2, 0) is 0 Å². The lowest BCUT2D eigenvalue weighted by molar-refractivity contribution is 0.0522. The Kier molecular flexibility index (Phi) is 1.37. The number of aryl methyl sites for hydroxylation is 1. The summed E-state index contributed by atoms with van der Waals surface area (Å²) >= 11 is 0. The average Bonchev–Trinajstić information content (AvgIpc) is 2.13. The molecule has 0 aliphatic rings. The molecule has 0 radical (unpaired) electrons. The van der Waals surface area contributed by atoms with Crippen molar-refractivity contribution in [3.8, 4) is 0 Å². The van der Waals surface area contributed by atoms with Crippen LogP contribution in [0.15, 0.2) is 0 Å². The fourth-order valence-corrected chi connectivity index (χ4v) is 0.419. The van der Waals surface area contributed by atoms with E-state index in [2.05, 4.69) is 15.5 Å². The van der Waals surface area contributed by atoms with Gasteiger partial charge in [-0.2, -0.15) is 13.5 Å². The molecule has 0 aromatic carbocycles. The van der Waals surface area contributed by atoms with E-state index < -0.39 is 6.55 Å². The van der Waals surface area contributed by atoms with Crippen LogP contribution in [0.5, 0.6) is 0 Å². The minimum Gasteiger partial charge on any atom is -0.184 e. The van der Waals surface area contributed by atoms with Gasteiger partial charge in [0.1, 0.15) is 0 Å². The number of alkyl halides is 2. The van der Waals surface area contributed by atoms with Crippen LogP contribution in [0, 0.1) is 6.92 Å². The molecule has 0 saturated carbocycles. The Balaban J connectivity index is 2.94. The van der Waals surface area contributed by atoms with E-state index in [0.717, 1.165) is 0 Å². The molecule has 0 N–H and O–H groups in total. The van der Waals surface area contributed by atoms with Crippen molar-refractivity contribution in [2.24, 2.45) is 0 Å². The minimum atomic E-state index is -2.64. The van der Waals surface area contributed by atoms with Crippen LogP contribution in [0.4, 0.5) is 8.78 Å². The average molecular weight is 134 g/mol. The van der Waals surface area contributed by atoms with Gasteiger partial charge in [-0.1, -0.05) is 0 Å². The van der Waals surface area contributed by atoms with Gasteiger partial charge in [-0.3, -0.25) is 0 Å². The van der Waals surface area contributed by atoms with Gasteiger partial charge in [0.25, 0.3) is 0 Å². The molecule has 1 rings (SSSR count). The van der Waals surface area contributed by atoms with Crippen molar-refractivity contribution in [3.05, 3.63) is 5.82 Å². The highest BCUT2D eigenvalue weighted by Gasteiger charge is 2.09. The monoisotopic (exact) mass is 134 g/mol. The summed E-state index contributed by atoms with van der Waals surface area (Å²) in [7, 11) is 0. The van der Waals surface area contributed by atoms with Gasteiger partial charge in [0.2, 0.25) is 0 Å². The Bertz CT molecular complexity index is 195. The Labute approximate surface area is 49.5 Å². The van der Waals surface area contributed by atoms with Gasteiger partial charge in [-0.15, -0.1) is 5.10 Å². The molecule has 0 saturated heterocycles. The second-order valence-corrected chi connectivity index (χ2v) is 1.45. The molecule has 0 spiro atoms. The summed E-state index contributed by atoms with van der Waals surface area (Å²) < 4.78 is 23.8. The zero-order chi connectivity index (χ0) is 6.85. The topological polar surface area (TPSA) is 43.6 Å². The van der Waals surface area contributed by atoms with Crippen molar-refractivity contribution < 1.29 is 8.78 Å². The molecule has 0 amide bonds. The van der Waals surface area contributed by atoms with E-state index in [4.69, 9.17) is 0 Å². The number of halogens is 2. The van der Waals surface area contributed by atoms with E-state index in [1.165, 1.54) is 6.92 Å². The number of tetrazole rings is 1. The summed E-state index contributed by atoms with van der Waals surface area (Å²) in [5.74, 6) is 0.116. The maximum absolute atomic E-state index is 11.7. The van der Waals surface area contributed by atoms with E-state index in [0.29, 0.717) is 4.68 Å². The van der Waals surface area contributed by atoms with Crippen molar-refractivity contribution in [1.29, 1.82) is 0 Å². The van der Waals surface area contributed by atoms with Gasteiger partial charge in [-0.05, 0) is 17.4 Å². The molecule has 0 aliphatic heterocycles. The molecule has 1 aromatic heterocycles. The largest absolute Gasteiger partial charge is 0.336 e. The maximum atomic E-state index is 11.7. The van der Waals surface area contributed by atoms with Crippen molar-refractivity contribution >= 4 is 0 Å². The lowest BCUT2D eigenvalue weighted by atomic mass is 10.7. The van der Waals surface area contributed by atoms with Crippen LogP contribution in [0.1, 0.15) is 12.4 Å². The molecular formula is C3H4F2N4. The molecule has 0 fully saturated rings. The molecule has 4 nitrogen and oxygen atoms in total. The molecular weight excluding hydrogens is 130 g/mol. The summed E-state index contributed by atoms with van der Waals surface area (Å²) in [6, 6.07) is 0. The molecule has 1 aromatic rings. The standard InChI is InChI=1S/C3H4F2N4/c1-2-6-7-8-9(2)3(4)5/h3H,1H3. The Hall–Kier alpha value is -1.07. The molecule has 6 heteroatoms. The van der Waals surface area contributed by atoms with E-state index in [1.807, 2.05) is 0 Å². The predicted molar refractivity (Wildman–Crippen MR) is 23.8 cm³/mol. The molecule has 0 aliphatic carbocycles. The quantitative estimate of drug-likeness (QED) is 0.557. The first kappa shape index (κ1) is 6.06. The van der Waals surface area contributed by atoms with Crippen LogP contribution in [-0.4, -0.2) is 20.2 Å². The van der Waals surface area contributed by atoms with Crippen molar-refractivity contribution in [3.63, 3.8) is 0 Å². The highest BCUT2D eigenvalue weighted by atomic mass is 19.3. The van der Waals surface area contributed by atoms with E-state index in [-0.39, 0.29) is 5.82 Å². The number of nitrogens with zero attached hydrogens (tertiary/aromatic N) is 4. The van der Waals surface area contributed by atoms with Crippen LogP contribution in [0.3, 0.4) is 0 Å². The zero-order valence-corrected chi connectivity index (χ0v) is 4.62. The van der Waals surface area contributed by atoms with Crippen LogP contribution in [0.2, 0.25) is 0 Å². The summed E-state index contributed by atoms with van der Waals surface area (Å²) in [5, 5.41) is 9.31. The fraction of sp³-hybridized carbons (Fsp3) is 0.667. The molecule has 9 heavy (non-hydrogen) atoms. The van der Waals surface area contributed by atoms with Gasteiger partial charge in [-0.25, -0.2) is 0 Å². The normalized spacial score (nSPS) is 10.7. The number of hydrogen-bond donors (Lipinski definition) is 0. The lowest BCUT2D eigenvalue weighted by Crippen LogP contribution is -2.02. The Morgan fingerprint density at radius 3 is 2.44 bits per heavy atom. The Morgan fingerprint density at radius 2 is 2.22 bits per heavy atom. The van der Waals surface area contributed by atoms with Gasteiger partial charge >= 0.3 is 6.55 Å². The Morgan fingerprint density at radius 1 is 1.56 bits per heavy atom. The second-order valence-electron chi connectivity index (χ2n) is 1.45. The summed E-state index contributed by atoms with van der Waals surface area (Å²) in [6.07, 6.45) is 0. The number of hydrogen-bond acceptors (Lipinski definition) is 3. The van der Waals surface area contributed by atoms with Crippen LogP contribution >= 0.6 is 0 Å². The highest BCUT2D eigenvalue weighted by Crippen LogP contribution is 2.06. The molecule has 0 unspecified atom stereocenters. The summed E-state index contributed by atoms with van der Waals surface area (Å²) in [4.78, 5) is 0. The van der Waals surface area contributed by atoms with Crippen LogP contribution in [0.25, 0.3) is 0 Å². The minimum absolute atomic E-state index is 0.116. The smallest absolute Gasteiger partial charge is 0.184 e. The summed E-state index contributed by atoms with van der Waals surface area (Å²) in [6.45, 7) is -1.23. The predicted octanol–water partition coefficient (Wildman–Crippen LogP) is 0.377. The molecule has 0 bridgehead atoms. The fourth-order valence-electron chi connectivity index (χ4n) is 0.419. The van der Waals surface area contributed by atoms with Crippen molar-refractivity contribution in [1.82, 2.24) is 20.2 Å². The SMILES string of the molecule is Cc1nnnn1C(F)F. The van der Waals surface area contributed by atoms with Crippen molar-refractivity contribution in [2.75, 3.05) is 0 Å². The van der Waals surface area contributed by atoms with E-state index >= 15 is 0 Å². The maximum Gasteiger partial charge on any atom is 0.336 e. The first-order chi connectivity index (χ1) is 4.22. The first-order valence-corrected chi connectivity index (χ1v) is 2.24. The van der Waals surface area contributed by atoms with Gasteiger partial charge in [0.05, 0.1) is 0 Å². The third-order valence-corrected chi connectivity index (χ3v) is 0.842. The highest BCUT2D eigenvalue weighted by molar-refractivity contribution is 4.72. The third kappa shape index (κ3) is 1.01. The molecule has 1 heterocycles. The van der Waals surface area contributed by atoms with Gasteiger partial charge in [0.15, 0.2) is 5.82 Å². The van der Waals surface area contributed by atoms with E-state index in [1.54, 1.807) is 0 Å². The second kappa shape index (κ2) is 2.04. The van der Waals surface area contributed by atoms with E-state index in [9.17, 15) is 8.78 Å². The number of aromatic nitrogens is 4. The van der Waals surface area contributed by atoms with Gasteiger partial charge < -0.3 is 0 Å². The molecule has 50 valence electrons. The molecule has 0 atom stereocenters. The van der Waals surface area contributed by atoms with Gasteiger partial charge in [0, 0.05) is 0 Å². The third-order valence-electron chi connectivity index (χ3n) is 0.842. The lowest BCUT2D eigenvalue weighted by Gasteiger charge is -1.94. The van der Waals surface area contributed by atoms with Crippen molar-refractivity contribution in [2.45, 2.75) is 13.5 Å².